The van der Waals surface area contributed by atoms with E-state index >= 15 is 0 Å². The normalized spacial score (nSPS) is 24.0. The van der Waals surface area contributed by atoms with E-state index in [0.717, 1.165) is 32.7 Å². The highest BCUT2D eigenvalue weighted by Gasteiger charge is 2.47. The number of hydrogen-bond acceptors (Lipinski definition) is 4. The van der Waals surface area contributed by atoms with Gasteiger partial charge in [0.1, 0.15) is 5.60 Å². The molecule has 0 amide bonds. The molecule has 4 heteroatoms. The Hall–Kier alpha value is -1.72. The maximum Gasteiger partial charge on any atom is 0.106 e. The second-order valence-corrected chi connectivity index (χ2v) is 7.40. The first-order valence-electron chi connectivity index (χ1n) is 9.20. The minimum absolute atomic E-state index is 0.173. The largest absolute Gasteiger partial charge is 0.386 e. The average molecular weight is 337 g/mol. The minimum Gasteiger partial charge on any atom is -0.386 e. The quantitative estimate of drug-likeness (QED) is 0.871. The van der Waals surface area contributed by atoms with E-state index in [4.69, 9.17) is 0 Å². The van der Waals surface area contributed by atoms with E-state index in [1.807, 2.05) is 0 Å². The first kappa shape index (κ1) is 16.7. The molecule has 1 atom stereocenters. The van der Waals surface area contributed by atoms with Gasteiger partial charge in [-0.2, -0.15) is 0 Å². The third-order valence-electron chi connectivity index (χ3n) is 5.54. The summed E-state index contributed by atoms with van der Waals surface area (Å²) in [6.45, 7) is 6.22. The zero-order valence-electron chi connectivity index (χ0n) is 14.6. The molecule has 0 spiro atoms. The summed E-state index contributed by atoms with van der Waals surface area (Å²) < 4.78 is 0. The highest BCUT2D eigenvalue weighted by Crippen LogP contribution is 2.27. The molecule has 2 N–H and O–H groups in total. The van der Waals surface area contributed by atoms with Crippen LogP contribution in [0.3, 0.4) is 0 Å². The van der Waals surface area contributed by atoms with Gasteiger partial charge in [0, 0.05) is 45.8 Å². The molecule has 2 aromatic rings. The molecule has 0 bridgehead atoms. The average Bonchev–Trinajstić information content (AvgIpc) is 2.63. The van der Waals surface area contributed by atoms with Crippen molar-refractivity contribution in [3.8, 4) is 0 Å². The van der Waals surface area contributed by atoms with Crippen LogP contribution in [0.2, 0.25) is 0 Å². The lowest BCUT2D eigenvalue weighted by Gasteiger charge is -2.52. The smallest absolute Gasteiger partial charge is 0.106 e. The second-order valence-electron chi connectivity index (χ2n) is 7.40. The van der Waals surface area contributed by atoms with Gasteiger partial charge in [0.05, 0.1) is 6.04 Å². The van der Waals surface area contributed by atoms with Crippen molar-refractivity contribution in [2.24, 2.45) is 0 Å². The van der Waals surface area contributed by atoms with E-state index in [1.165, 1.54) is 11.1 Å². The molecule has 2 aliphatic rings. The van der Waals surface area contributed by atoms with Gasteiger partial charge in [-0.05, 0) is 11.1 Å². The van der Waals surface area contributed by atoms with E-state index in [0.29, 0.717) is 13.1 Å². The first-order valence-corrected chi connectivity index (χ1v) is 9.20. The van der Waals surface area contributed by atoms with Crippen molar-refractivity contribution >= 4 is 0 Å². The maximum atomic E-state index is 11.0. The lowest BCUT2D eigenvalue weighted by atomic mass is 9.85. The van der Waals surface area contributed by atoms with Crippen molar-refractivity contribution in [3.05, 3.63) is 71.8 Å². The van der Waals surface area contributed by atoms with Crippen molar-refractivity contribution in [1.29, 1.82) is 0 Å². The van der Waals surface area contributed by atoms with Crippen LogP contribution >= 0.6 is 0 Å². The summed E-state index contributed by atoms with van der Waals surface area (Å²) in [6.07, 6.45) is 0. The van der Waals surface area contributed by atoms with Crippen LogP contribution in [-0.4, -0.2) is 59.3 Å². The van der Waals surface area contributed by atoms with E-state index in [2.05, 4.69) is 75.8 Å². The molecule has 2 aliphatic heterocycles. The molecule has 2 heterocycles. The van der Waals surface area contributed by atoms with Crippen LogP contribution < -0.4 is 5.32 Å². The third-order valence-corrected chi connectivity index (χ3v) is 5.54. The Morgan fingerprint density at radius 3 is 2.04 bits per heavy atom. The molecule has 0 aromatic heterocycles. The maximum absolute atomic E-state index is 11.0. The van der Waals surface area contributed by atoms with Crippen LogP contribution in [0.15, 0.2) is 60.7 Å². The first-order chi connectivity index (χ1) is 12.2. The Balaban J connectivity index is 1.47. The molecular formula is C21H27N3O. The fourth-order valence-electron chi connectivity index (χ4n) is 4.00. The van der Waals surface area contributed by atoms with Crippen LogP contribution in [0.25, 0.3) is 0 Å². The number of benzene rings is 2. The number of aliphatic hydroxyl groups is 1. The van der Waals surface area contributed by atoms with Crippen molar-refractivity contribution in [1.82, 2.24) is 15.1 Å². The fraction of sp³-hybridized carbons (Fsp3) is 0.429. The Bertz CT molecular complexity index is 672. The summed E-state index contributed by atoms with van der Waals surface area (Å²) in [5.74, 6) is 0. The summed E-state index contributed by atoms with van der Waals surface area (Å²) in [5, 5.41) is 14.3. The van der Waals surface area contributed by atoms with E-state index in [-0.39, 0.29) is 6.04 Å². The molecule has 0 radical (unpaired) electrons. The zero-order valence-corrected chi connectivity index (χ0v) is 14.6. The molecule has 2 saturated heterocycles. The van der Waals surface area contributed by atoms with Crippen molar-refractivity contribution < 1.29 is 5.11 Å². The predicted molar refractivity (Wildman–Crippen MR) is 100 cm³/mol. The highest BCUT2D eigenvalue weighted by molar-refractivity contribution is 5.17. The second kappa shape index (κ2) is 7.26. The molecule has 25 heavy (non-hydrogen) atoms. The van der Waals surface area contributed by atoms with Crippen LogP contribution in [0.1, 0.15) is 11.1 Å². The van der Waals surface area contributed by atoms with Gasteiger partial charge in [0.25, 0.3) is 0 Å². The topological polar surface area (TPSA) is 38.7 Å². The Kier molecular flexibility index (Phi) is 4.86. The molecular weight excluding hydrogens is 310 g/mol. The van der Waals surface area contributed by atoms with Gasteiger partial charge in [-0.15, -0.1) is 0 Å². The monoisotopic (exact) mass is 337 g/mol. The molecule has 2 fully saturated rings. The summed E-state index contributed by atoms with van der Waals surface area (Å²) >= 11 is 0. The van der Waals surface area contributed by atoms with Gasteiger partial charge in [-0.25, -0.2) is 0 Å². The van der Waals surface area contributed by atoms with Crippen LogP contribution in [0.4, 0.5) is 0 Å². The lowest BCUT2D eigenvalue weighted by molar-refractivity contribution is -0.111. The summed E-state index contributed by atoms with van der Waals surface area (Å²) in [4.78, 5) is 4.95. The number of nitrogens with zero attached hydrogens (tertiary/aromatic N) is 2. The van der Waals surface area contributed by atoms with Crippen LogP contribution in [0.5, 0.6) is 0 Å². The van der Waals surface area contributed by atoms with Crippen molar-refractivity contribution in [3.63, 3.8) is 0 Å². The number of hydrogen-bond donors (Lipinski definition) is 2. The van der Waals surface area contributed by atoms with Gasteiger partial charge < -0.3 is 10.4 Å². The Labute approximate surface area is 150 Å². The van der Waals surface area contributed by atoms with Crippen LogP contribution in [-0.2, 0) is 13.1 Å². The molecule has 0 saturated carbocycles. The molecule has 2 aromatic carbocycles. The number of rotatable bonds is 5. The summed E-state index contributed by atoms with van der Waals surface area (Å²) in [7, 11) is 0. The van der Waals surface area contributed by atoms with E-state index in [1.54, 1.807) is 0 Å². The zero-order chi connectivity index (χ0) is 17.1. The molecule has 4 rings (SSSR count). The lowest BCUT2D eigenvalue weighted by Crippen LogP contribution is -2.73. The molecule has 132 valence electrons. The van der Waals surface area contributed by atoms with E-state index in [9.17, 15) is 5.11 Å². The number of β-amino-alcohol motifs (C(OH)–C–C–N with tert-alkyl or cyclic N) is 1. The van der Waals surface area contributed by atoms with Gasteiger partial charge in [0.2, 0.25) is 0 Å². The Morgan fingerprint density at radius 2 is 1.48 bits per heavy atom. The van der Waals surface area contributed by atoms with Crippen molar-refractivity contribution in [2.75, 3.05) is 32.7 Å². The molecule has 1 unspecified atom stereocenters. The van der Waals surface area contributed by atoms with Gasteiger partial charge in [-0.3, -0.25) is 9.80 Å². The summed E-state index contributed by atoms with van der Waals surface area (Å²) in [6, 6.07) is 21.4. The predicted octanol–water partition coefficient (Wildman–Crippen LogP) is 1.71. The fourth-order valence-corrected chi connectivity index (χ4v) is 4.00. The number of nitrogens with one attached hydrogen (secondary N) is 1. The van der Waals surface area contributed by atoms with Crippen LogP contribution in [0, 0.1) is 0 Å². The highest BCUT2D eigenvalue weighted by atomic mass is 16.3. The Morgan fingerprint density at radius 1 is 0.880 bits per heavy atom. The van der Waals surface area contributed by atoms with Gasteiger partial charge in [-0.1, -0.05) is 60.7 Å². The van der Waals surface area contributed by atoms with Crippen molar-refractivity contribution in [2.45, 2.75) is 24.7 Å². The number of piperazine rings is 1. The summed E-state index contributed by atoms with van der Waals surface area (Å²) in [5.41, 5.74) is 2.06. The molecule has 4 nitrogen and oxygen atoms in total. The standard InChI is InChI=1S/C21H27N3O/c25-21(16-22-17-21)20-15-23(13-18-7-3-1-4-8-18)11-12-24(20)14-19-9-5-2-6-10-19/h1-10,20,22,25H,11-17H2. The van der Waals surface area contributed by atoms with E-state index < -0.39 is 5.60 Å². The van der Waals surface area contributed by atoms with Gasteiger partial charge in [0.15, 0.2) is 0 Å². The minimum atomic E-state index is -0.607. The SMILES string of the molecule is OC1(C2CN(Cc3ccccc3)CCN2Cc2ccccc2)CNC1. The molecule has 0 aliphatic carbocycles. The third kappa shape index (κ3) is 3.77. The van der Waals surface area contributed by atoms with Gasteiger partial charge >= 0.3 is 0 Å².